The molecule has 0 aliphatic carbocycles. The second-order valence-electron chi connectivity index (χ2n) is 14.1. The van der Waals surface area contributed by atoms with Crippen molar-refractivity contribution < 1.29 is 28.5 Å². The Bertz CT molecular complexity index is 1680. The van der Waals surface area contributed by atoms with Crippen molar-refractivity contribution in [2.24, 2.45) is 0 Å². The van der Waals surface area contributed by atoms with Gasteiger partial charge in [0.2, 0.25) is 6.79 Å². The topological polar surface area (TPSA) is 71.1 Å². The zero-order valence-electron chi connectivity index (χ0n) is 33.5. The number of esters is 1. The Morgan fingerprint density at radius 2 is 0.818 bits per heavy atom. The molecule has 6 heteroatoms. The normalized spacial score (nSPS) is 9.96. The molecule has 0 spiro atoms. The molecule has 6 nitrogen and oxygen atoms in total. The van der Waals surface area contributed by atoms with Gasteiger partial charge in [-0.25, -0.2) is 4.79 Å². The van der Waals surface area contributed by atoms with E-state index in [9.17, 15) is 9.59 Å². The van der Waals surface area contributed by atoms with Gasteiger partial charge < -0.3 is 18.9 Å². The van der Waals surface area contributed by atoms with Gasteiger partial charge in [-0.15, -0.1) is 0 Å². The maximum Gasteiger partial charge on any atom is 0.513 e. The van der Waals surface area contributed by atoms with Crippen molar-refractivity contribution in [3.63, 3.8) is 0 Å². The van der Waals surface area contributed by atoms with Crippen LogP contribution in [0.25, 0.3) is 11.1 Å². The summed E-state index contributed by atoms with van der Waals surface area (Å²) in [7, 11) is 1.36. The smallest absolute Gasteiger partial charge is 0.428 e. The zero-order chi connectivity index (χ0) is 39.4. The Morgan fingerprint density at radius 1 is 0.509 bits per heavy atom. The summed E-state index contributed by atoms with van der Waals surface area (Å²) in [6.45, 7) is 20.1. The van der Waals surface area contributed by atoms with Crippen LogP contribution in [0, 0.1) is 34.6 Å². The minimum atomic E-state index is -0.946. The molecule has 0 aliphatic heterocycles. The number of ether oxygens (including phenoxy) is 4. The van der Waals surface area contributed by atoms with Gasteiger partial charge in [0.15, 0.2) is 6.79 Å². The molecule has 0 atom stereocenters. The van der Waals surface area contributed by atoms with Crippen molar-refractivity contribution in [1.82, 2.24) is 0 Å². The van der Waals surface area contributed by atoms with Gasteiger partial charge in [-0.2, -0.15) is 0 Å². The lowest BCUT2D eigenvalue weighted by Gasteiger charge is -2.18. The van der Waals surface area contributed by atoms with Crippen LogP contribution in [0.15, 0.2) is 121 Å². The Balaban J connectivity index is 0.000000706. The van der Waals surface area contributed by atoms with Crippen LogP contribution >= 0.6 is 0 Å². The number of hydrogen-bond acceptors (Lipinski definition) is 6. The Hall–Kier alpha value is -5.20. The molecule has 0 saturated heterocycles. The first-order valence-electron chi connectivity index (χ1n) is 17.8. The first kappa shape index (κ1) is 49.8. The largest absolute Gasteiger partial charge is 0.513 e. The van der Waals surface area contributed by atoms with Crippen LogP contribution in [0.2, 0.25) is 0 Å². The Morgan fingerprint density at radius 3 is 1.13 bits per heavy atom. The van der Waals surface area contributed by atoms with Crippen LogP contribution in [0.5, 0.6) is 0 Å². The van der Waals surface area contributed by atoms with E-state index in [2.05, 4.69) is 203 Å². The van der Waals surface area contributed by atoms with Crippen LogP contribution in [0.3, 0.4) is 0 Å². The van der Waals surface area contributed by atoms with Crippen molar-refractivity contribution in [1.29, 1.82) is 0 Å². The van der Waals surface area contributed by atoms with Crippen molar-refractivity contribution in [3.8, 4) is 11.1 Å². The number of benzene rings is 5. The molecule has 0 bridgehead atoms. The molecule has 5 aromatic carbocycles. The quantitative estimate of drug-likeness (QED) is 0.122. The number of rotatable bonds is 7. The zero-order valence-corrected chi connectivity index (χ0v) is 33.5. The lowest BCUT2D eigenvalue weighted by atomic mass is 9.87. The molecule has 0 fully saturated rings. The highest BCUT2D eigenvalue weighted by atomic mass is 16.8. The number of hydrogen-bond donors (Lipinski definition) is 0. The van der Waals surface area contributed by atoms with Crippen molar-refractivity contribution in [2.45, 2.75) is 95.4 Å². The third-order valence-corrected chi connectivity index (χ3v) is 8.24. The van der Waals surface area contributed by atoms with E-state index in [4.69, 9.17) is 0 Å². The monoisotopic (exact) mass is 750 g/mol. The van der Waals surface area contributed by atoms with Crippen molar-refractivity contribution in [2.75, 3.05) is 20.7 Å². The molecule has 0 radical (unpaired) electrons. The molecule has 5 rings (SSSR count). The fourth-order valence-corrected chi connectivity index (χ4v) is 4.76. The summed E-state index contributed by atoms with van der Waals surface area (Å²) in [5.74, 6) is -0.0595. The first-order valence-corrected chi connectivity index (χ1v) is 17.8. The molecule has 0 N–H and O–H groups in total. The van der Waals surface area contributed by atoms with E-state index in [0.717, 1.165) is 0 Å². The first-order chi connectivity index (χ1) is 25.1. The minimum absolute atomic E-state index is 0. The van der Waals surface area contributed by atoms with Gasteiger partial charge in [0, 0.05) is 20.0 Å². The fourth-order valence-electron chi connectivity index (χ4n) is 4.76. The second kappa shape index (κ2) is 25.8. The average molecular weight is 751 g/mol. The molecular formula is C49H66O6. The van der Waals surface area contributed by atoms with Crippen LogP contribution in [0.1, 0.15) is 99.9 Å². The molecule has 0 amide bonds. The van der Waals surface area contributed by atoms with Gasteiger partial charge in [0.1, 0.15) is 0 Å². The van der Waals surface area contributed by atoms with Crippen LogP contribution in [-0.4, -0.2) is 32.8 Å². The summed E-state index contributed by atoms with van der Waals surface area (Å²) in [5.41, 5.74) is 13.6. The molecule has 0 saturated carbocycles. The third-order valence-electron chi connectivity index (χ3n) is 8.24. The molecule has 0 aromatic heterocycles. The fraction of sp³-hybridized carbons (Fsp3) is 0.347. The van der Waals surface area contributed by atoms with Crippen LogP contribution in [0.4, 0.5) is 4.79 Å². The highest BCUT2D eigenvalue weighted by Crippen LogP contribution is 2.25. The van der Waals surface area contributed by atoms with Crippen LogP contribution in [-0.2, 0) is 29.2 Å². The highest BCUT2D eigenvalue weighted by molar-refractivity contribution is 5.66. The maximum absolute atomic E-state index is 10.5. The van der Waals surface area contributed by atoms with E-state index < -0.39 is 18.9 Å². The predicted octanol–water partition coefficient (Wildman–Crippen LogP) is 13.3. The summed E-state index contributed by atoms with van der Waals surface area (Å²) in [4.78, 5) is 20.6. The van der Waals surface area contributed by atoms with Gasteiger partial charge in [-0.3, -0.25) is 4.79 Å². The van der Waals surface area contributed by atoms with E-state index >= 15 is 0 Å². The summed E-state index contributed by atoms with van der Waals surface area (Å²) in [5, 5.41) is 0. The molecule has 0 heterocycles. The molecule has 0 unspecified atom stereocenters. The molecule has 0 aliphatic rings. The van der Waals surface area contributed by atoms with E-state index in [1.165, 1.54) is 69.7 Å². The SMILES string of the molecule is C.C.COCOC(=O)OCOC(C)=O.Cc1ccc(-c2ccc(C)cc2)cc1.Cc1ccc(C(C)(C)C)cc1.Cc1ccc(C(C)c2ccc(C)cc2)cc1. The van der Waals surface area contributed by atoms with E-state index in [1.807, 2.05) is 0 Å². The van der Waals surface area contributed by atoms with Crippen molar-refractivity contribution >= 4 is 12.1 Å². The summed E-state index contributed by atoms with van der Waals surface area (Å²) in [6, 6.07) is 43.6. The van der Waals surface area contributed by atoms with Gasteiger partial charge in [-0.1, -0.05) is 192 Å². The average Bonchev–Trinajstić information content (AvgIpc) is 3.12. The summed E-state index contributed by atoms with van der Waals surface area (Å²) < 4.78 is 17.3. The predicted molar refractivity (Wildman–Crippen MR) is 231 cm³/mol. The lowest BCUT2D eigenvalue weighted by Crippen LogP contribution is -2.13. The maximum atomic E-state index is 10.5. The van der Waals surface area contributed by atoms with Gasteiger partial charge in [0.05, 0.1) is 0 Å². The number of aryl methyl sites for hydroxylation is 5. The van der Waals surface area contributed by atoms with Gasteiger partial charge >= 0.3 is 12.1 Å². The molecular weight excluding hydrogens is 685 g/mol. The highest BCUT2D eigenvalue weighted by Gasteiger charge is 2.12. The lowest BCUT2D eigenvalue weighted by molar-refractivity contribution is -0.151. The summed E-state index contributed by atoms with van der Waals surface area (Å²) in [6.07, 6.45) is -0.946. The van der Waals surface area contributed by atoms with E-state index in [1.54, 1.807) is 0 Å². The molecule has 298 valence electrons. The van der Waals surface area contributed by atoms with Crippen molar-refractivity contribution in [3.05, 3.63) is 166 Å². The minimum Gasteiger partial charge on any atom is -0.428 e. The van der Waals surface area contributed by atoms with Gasteiger partial charge in [0.25, 0.3) is 0 Å². The number of carbonyl (C=O) groups is 2. The molecule has 5 aromatic rings. The Labute approximate surface area is 332 Å². The number of carbonyl (C=O) groups excluding carboxylic acids is 2. The van der Waals surface area contributed by atoms with Gasteiger partial charge in [-0.05, 0) is 67.9 Å². The standard InChI is InChI=1S/C16H18.C14H14.C11H16.C6H10O6.2CH4/c1-12-4-8-15(9-5-12)14(3)16-10-6-13(2)7-11-16;1-11-3-7-13(8-4-11)14-9-5-12(2)6-10-14;1-9-5-7-10(8-6-9)11(2,3)4;1-5(7)10-4-12-6(8)11-3-9-2;;/h4-11,14H,1-3H3;3-10H,1-2H3;5-8H,1-4H3;3-4H2,1-2H3;2*1H4. The second-order valence-corrected chi connectivity index (χ2v) is 14.1. The molecule has 55 heavy (non-hydrogen) atoms. The number of methoxy groups -OCH3 is 1. The summed E-state index contributed by atoms with van der Waals surface area (Å²) >= 11 is 0. The third kappa shape index (κ3) is 20.2. The Kier molecular flexibility index (Phi) is 23.3. The van der Waals surface area contributed by atoms with E-state index in [-0.39, 0.29) is 27.1 Å². The van der Waals surface area contributed by atoms with Crippen LogP contribution < -0.4 is 0 Å². The van der Waals surface area contributed by atoms with E-state index in [0.29, 0.717) is 5.92 Å².